The van der Waals surface area contributed by atoms with Crippen LogP contribution in [0.4, 0.5) is 4.79 Å². The highest BCUT2D eigenvalue weighted by Crippen LogP contribution is 2.36. The Morgan fingerprint density at radius 1 is 1.15 bits per heavy atom. The van der Waals surface area contributed by atoms with Gasteiger partial charge in [0.05, 0.1) is 35.1 Å². The van der Waals surface area contributed by atoms with Gasteiger partial charge in [0, 0.05) is 49.2 Å². The highest BCUT2D eigenvalue weighted by atomic mass is 16.6. The van der Waals surface area contributed by atoms with Gasteiger partial charge >= 0.3 is 6.09 Å². The minimum atomic E-state index is -0.937. The minimum Gasteiger partial charge on any atom is -0.508 e. The topological polar surface area (TPSA) is 134 Å². The lowest BCUT2D eigenvalue weighted by atomic mass is 10.0. The zero-order valence-corrected chi connectivity index (χ0v) is 23.1. The third-order valence-corrected chi connectivity index (χ3v) is 7.32. The largest absolute Gasteiger partial charge is 0.508 e. The molecule has 1 unspecified atom stereocenters. The lowest BCUT2D eigenvalue weighted by Crippen LogP contribution is -2.49. The standard InChI is InChI=1S/C29H34N4O7/c1-17(35)19-12-24-26-18(13-33(24)27(37)22(19)15-39-16-34)11-20-21(25(36)6-5-23(20)30-26)14-31-7-9-32(10-8-31)28(38)40-29(2,3)4/h5-6,11-12,16-17,35-36H,7-10,13-15H2,1-4H3. The summed E-state index contributed by atoms with van der Waals surface area (Å²) < 4.78 is 11.9. The second-order valence-corrected chi connectivity index (χ2v) is 11.3. The Balaban J connectivity index is 1.43. The number of phenols is 1. The number of aliphatic hydroxyl groups excluding tert-OH is 1. The number of aromatic hydroxyl groups is 1. The molecule has 2 N–H and O–H groups in total. The van der Waals surface area contributed by atoms with Crippen LogP contribution in [0.15, 0.2) is 29.1 Å². The van der Waals surface area contributed by atoms with Crippen LogP contribution in [0, 0.1) is 0 Å². The summed E-state index contributed by atoms with van der Waals surface area (Å²) in [5, 5.41) is 21.9. The Labute approximate surface area is 231 Å². The van der Waals surface area contributed by atoms with Gasteiger partial charge in [0.1, 0.15) is 18.0 Å². The van der Waals surface area contributed by atoms with E-state index in [4.69, 9.17) is 14.5 Å². The number of aromatic nitrogens is 2. The number of fused-ring (bicyclic) bond motifs is 4. The molecule has 4 heterocycles. The van der Waals surface area contributed by atoms with E-state index in [1.807, 2.05) is 26.8 Å². The average molecular weight is 551 g/mol. The summed E-state index contributed by atoms with van der Waals surface area (Å²) >= 11 is 0. The van der Waals surface area contributed by atoms with Crippen LogP contribution < -0.4 is 5.56 Å². The first-order chi connectivity index (χ1) is 19.0. The number of carbonyl (C=O) groups excluding carboxylic acids is 2. The first-order valence-electron chi connectivity index (χ1n) is 13.3. The number of aliphatic hydroxyl groups is 1. The molecule has 2 aliphatic rings. The molecule has 3 aromatic rings. The van der Waals surface area contributed by atoms with Crippen LogP contribution in [-0.4, -0.2) is 73.9 Å². The maximum atomic E-state index is 13.3. The monoisotopic (exact) mass is 550 g/mol. The highest BCUT2D eigenvalue weighted by molar-refractivity contribution is 5.88. The summed E-state index contributed by atoms with van der Waals surface area (Å²) in [4.78, 5) is 45.3. The number of rotatable bonds is 6. The highest BCUT2D eigenvalue weighted by Gasteiger charge is 2.29. The van der Waals surface area contributed by atoms with Crippen molar-refractivity contribution in [3.8, 4) is 17.1 Å². The van der Waals surface area contributed by atoms with Crippen molar-refractivity contribution >= 4 is 23.5 Å². The molecule has 0 radical (unpaired) electrons. The number of ether oxygens (including phenoxy) is 2. The number of nitrogens with zero attached hydrogens (tertiary/aromatic N) is 4. The van der Waals surface area contributed by atoms with Crippen molar-refractivity contribution in [1.82, 2.24) is 19.4 Å². The fourth-order valence-electron chi connectivity index (χ4n) is 5.35. The van der Waals surface area contributed by atoms with Gasteiger partial charge in [-0.25, -0.2) is 9.78 Å². The van der Waals surface area contributed by atoms with Crippen LogP contribution in [0.25, 0.3) is 22.3 Å². The fraction of sp³-hybridized carbons (Fsp3) is 0.448. The summed E-state index contributed by atoms with van der Waals surface area (Å²) in [7, 11) is 0. The van der Waals surface area contributed by atoms with Crippen molar-refractivity contribution in [1.29, 1.82) is 0 Å². The molecule has 0 spiro atoms. The van der Waals surface area contributed by atoms with Crippen molar-refractivity contribution in [2.24, 2.45) is 0 Å². The van der Waals surface area contributed by atoms with Crippen molar-refractivity contribution in [3.63, 3.8) is 0 Å². The van der Waals surface area contributed by atoms with E-state index in [-0.39, 0.29) is 42.6 Å². The molecular weight excluding hydrogens is 516 g/mol. The Morgan fingerprint density at radius 2 is 1.88 bits per heavy atom. The van der Waals surface area contributed by atoms with Gasteiger partial charge in [-0.1, -0.05) is 0 Å². The zero-order valence-electron chi connectivity index (χ0n) is 23.1. The molecule has 0 bridgehead atoms. The summed E-state index contributed by atoms with van der Waals surface area (Å²) in [5.41, 5.74) is 3.16. The molecule has 212 valence electrons. The van der Waals surface area contributed by atoms with Crippen molar-refractivity contribution in [2.75, 3.05) is 26.2 Å². The number of phenolic OH excluding ortho intramolecular Hbond substituents is 1. The number of benzene rings is 1. The third-order valence-electron chi connectivity index (χ3n) is 7.32. The molecule has 0 saturated carbocycles. The first kappa shape index (κ1) is 27.6. The molecule has 2 aromatic heterocycles. The summed E-state index contributed by atoms with van der Waals surface area (Å²) in [5.74, 6) is 0.154. The number of carbonyl (C=O) groups is 2. The van der Waals surface area contributed by atoms with E-state index < -0.39 is 11.7 Å². The number of hydrogen-bond donors (Lipinski definition) is 2. The molecule has 1 aromatic carbocycles. The van der Waals surface area contributed by atoms with Crippen LogP contribution in [0.5, 0.6) is 5.75 Å². The van der Waals surface area contributed by atoms with Gasteiger partial charge in [-0.15, -0.1) is 0 Å². The normalized spacial score (nSPS) is 16.0. The molecule has 1 amide bonds. The van der Waals surface area contributed by atoms with E-state index in [1.165, 1.54) is 0 Å². The van der Waals surface area contributed by atoms with Gasteiger partial charge in [-0.2, -0.15) is 0 Å². The lowest BCUT2D eigenvalue weighted by Gasteiger charge is -2.35. The van der Waals surface area contributed by atoms with E-state index in [0.717, 1.165) is 16.5 Å². The van der Waals surface area contributed by atoms with Crippen LogP contribution in [0.2, 0.25) is 0 Å². The van der Waals surface area contributed by atoms with Crippen LogP contribution >= 0.6 is 0 Å². The first-order valence-corrected chi connectivity index (χ1v) is 13.3. The maximum Gasteiger partial charge on any atom is 0.410 e. The second-order valence-electron chi connectivity index (χ2n) is 11.3. The predicted molar refractivity (Wildman–Crippen MR) is 147 cm³/mol. The zero-order chi connectivity index (χ0) is 28.8. The Hall–Kier alpha value is -3.96. The van der Waals surface area contributed by atoms with Crippen LogP contribution in [0.3, 0.4) is 0 Å². The van der Waals surface area contributed by atoms with Crippen molar-refractivity contribution in [2.45, 2.75) is 59.1 Å². The van der Waals surface area contributed by atoms with Gasteiger partial charge < -0.3 is 29.2 Å². The molecule has 1 fully saturated rings. The van der Waals surface area contributed by atoms with E-state index in [0.29, 0.717) is 55.2 Å². The van der Waals surface area contributed by atoms with E-state index >= 15 is 0 Å². The SMILES string of the molecule is CC(O)c1cc2n(c(=O)c1COC=O)Cc1cc3c(CN4CCN(C(=O)OC(C)(C)C)CC4)c(O)ccc3nc1-2. The molecule has 5 rings (SSSR count). The van der Waals surface area contributed by atoms with Gasteiger partial charge in [-0.05, 0) is 57.5 Å². The van der Waals surface area contributed by atoms with Crippen LogP contribution in [-0.2, 0) is 34.0 Å². The average Bonchev–Trinajstić information content (AvgIpc) is 3.25. The molecule has 1 saturated heterocycles. The Morgan fingerprint density at radius 3 is 2.52 bits per heavy atom. The van der Waals surface area contributed by atoms with E-state index in [9.17, 15) is 24.6 Å². The van der Waals surface area contributed by atoms with Gasteiger partial charge in [0.25, 0.3) is 12.0 Å². The van der Waals surface area contributed by atoms with Crippen molar-refractivity contribution in [3.05, 3.63) is 56.9 Å². The number of piperazine rings is 1. The minimum absolute atomic E-state index is 0.154. The molecule has 40 heavy (non-hydrogen) atoms. The number of pyridine rings is 2. The summed E-state index contributed by atoms with van der Waals surface area (Å²) in [6.07, 6.45) is -1.26. The lowest BCUT2D eigenvalue weighted by molar-refractivity contribution is -0.129. The van der Waals surface area contributed by atoms with Crippen LogP contribution in [0.1, 0.15) is 56.1 Å². The smallest absolute Gasteiger partial charge is 0.410 e. The summed E-state index contributed by atoms with van der Waals surface area (Å²) in [6, 6.07) is 7.06. The third kappa shape index (κ3) is 5.26. The fourth-order valence-corrected chi connectivity index (χ4v) is 5.35. The molecule has 1 atom stereocenters. The van der Waals surface area contributed by atoms with Gasteiger partial charge in [0.15, 0.2) is 0 Å². The quantitative estimate of drug-likeness (QED) is 0.348. The molecule has 11 heteroatoms. The van der Waals surface area contributed by atoms with E-state index in [1.54, 1.807) is 34.6 Å². The maximum absolute atomic E-state index is 13.3. The Bertz CT molecular complexity index is 1530. The molecule has 2 aliphatic heterocycles. The molecular formula is C29H34N4O7. The number of amides is 1. The van der Waals surface area contributed by atoms with Gasteiger partial charge in [-0.3, -0.25) is 14.5 Å². The Kier molecular flexibility index (Phi) is 7.28. The molecule has 0 aliphatic carbocycles. The van der Waals surface area contributed by atoms with Gasteiger partial charge in [0.2, 0.25) is 0 Å². The second kappa shape index (κ2) is 10.5. The van der Waals surface area contributed by atoms with E-state index in [2.05, 4.69) is 4.90 Å². The summed E-state index contributed by atoms with van der Waals surface area (Å²) in [6.45, 7) is 10.2. The predicted octanol–water partition coefficient (Wildman–Crippen LogP) is 2.91. The molecule has 11 nitrogen and oxygen atoms in total. The number of hydrogen-bond acceptors (Lipinski definition) is 9. The van der Waals surface area contributed by atoms with Crippen molar-refractivity contribution < 1.29 is 29.3 Å².